The summed E-state index contributed by atoms with van der Waals surface area (Å²) in [5.74, 6) is -7.56. The normalized spacial score (nSPS) is 18.6. The van der Waals surface area contributed by atoms with E-state index in [9.17, 15) is 68.7 Å². The highest BCUT2D eigenvalue weighted by atomic mass is 16.7. The van der Waals surface area contributed by atoms with Gasteiger partial charge in [-0.05, 0) is 55.0 Å². The Bertz CT molecular complexity index is 3420. The molecule has 37 nitrogen and oxygen atoms in total. The fourth-order valence-corrected chi connectivity index (χ4v) is 11.3. The summed E-state index contributed by atoms with van der Waals surface area (Å²) in [5.41, 5.74) is 9.61. The van der Waals surface area contributed by atoms with Gasteiger partial charge in [0.15, 0.2) is 17.9 Å². The number of aliphatic hydroxyl groups is 3. The van der Waals surface area contributed by atoms with Crippen LogP contribution in [0, 0.1) is 5.92 Å². The Labute approximate surface area is 604 Å². The van der Waals surface area contributed by atoms with Crippen molar-refractivity contribution < 1.29 is 130 Å². The number of anilines is 1. The highest BCUT2D eigenvalue weighted by Gasteiger charge is 2.51. The molecule has 580 valence electrons. The van der Waals surface area contributed by atoms with Crippen LogP contribution < -0.4 is 42.4 Å². The number of alkyl carbamates (subject to hydrolysis) is 1. The molecule has 2 aliphatic carbocycles. The van der Waals surface area contributed by atoms with Crippen molar-refractivity contribution in [2.75, 3.05) is 158 Å². The number of fused-ring (bicyclic) bond motifs is 3. The van der Waals surface area contributed by atoms with E-state index in [1.807, 2.05) is 0 Å². The maximum Gasteiger partial charge on any atom is 0.407 e. The minimum atomic E-state index is -2.44. The summed E-state index contributed by atoms with van der Waals surface area (Å²) in [6, 6.07) is 5.94. The van der Waals surface area contributed by atoms with Crippen molar-refractivity contribution in [1.82, 2.24) is 26.6 Å². The molecule has 7 amide bonds. The van der Waals surface area contributed by atoms with Gasteiger partial charge >= 0.3 is 12.1 Å². The number of phenolic OH excluding ortho intramolecular Hbond substituents is 2. The Morgan fingerprint density at radius 3 is 1.88 bits per heavy atom. The molecule has 0 saturated carbocycles. The van der Waals surface area contributed by atoms with Crippen LogP contribution in [0.15, 0.2) is 47.6 Å². The molecule has 1 fully saturated rings. The second-order valence-corrected chi connectivity index (χ2v) is 24.5. The Balaban J connectivity index is 0.874. The number of hydrogen-bond donors (Lipinski definition) is 12. The molecule has 0 unspecified atom stereocenters. The van der Waals surface area contributed by atoms with E-state index >= 15 is 0 Å². The fraction of sp³-hybridized carbons (Fsp3) is 0.603. The number of methoxy groups -OCH3 is 1. The number of benzene rings is 3. The molecule has 1 aliphatic heterocycles. The number of amides is 7. The third kappa shape index (κ3) is 27.0. The number of ketones is 3. The molecular weight excluding hydrogens is 1390 g/mol. The third-order valence-corrected chi connectivity index (χ3v) is 16.6. The summed E-state index contributed by atoms with van der Waals surface area (Å²) in [4.78, 5) is 122. The van der Waals surface area contributed by atoms with Crippen molar-refractivity contribution in [2.45, 2.75) is 108 Å². The van der Waals surface area contributed by atoms with Crippen LogP contribution in [-0.4, -0.2) is 273 Å². The van der Waals surface area contributed by atoms with Crippen LogP contribution in [0.2, 0.25) is 0 Å². The zero-order valence-corrected chi connectivity index (χ0v) is 59.1. The average Bonchev–Trinajstić information content (AvgIpc) is 0.711. The third-order valence-electron chi connectivity index (χ3n) is 16.6. The van der Waals surface area contributed by atoms with Crippen molar-refractivity contribution in [1.29, 1.82) is 0 Å². The molecule has 0 spiro atoms. The van der Waals surface area contributed by atoms with E-state index in [1.54, 1.807) is 13.8 Å². The first-order valence-electron chi connectivity index (χ1n) is 34.2. The summed E-state index contributed by atoms with van der Waals surface area (Å²) in [5, 5.41) is 75.4. The van der Waals surface area contributed by atoms with E-state index in [0.717, 1.165) is 0 Å². The van der Waals surface area contributed by atoms with E-state index in [0.29, 0.717) is 98.1 Å². The smallest absolute Gasteiger partial charge is 0.407 e. The standard InChI is InChI=1S/C68H96N10O27/c1-40(2)58(77-52(82)39-102-38-51(81)71-15-17-94-19-21-96-23-25-98-27-29-100-31-32-101-30-28-99-26-24-97-22-20-95-18-16-73-78-70)65(89)75-46(8-6-14-72-66(69)90)64(88)74-43-12-10-42(11-13-43)37-103-67(91)76-47-33-53(104-41(3)59(47)83)105-49-35-68(92,50(80)36-79)34-45-55(49)63(87)57-56(61(45)85)60(84)44-7-5-9-48(93-4)54(44)62(57)86/h5,7,9-13,40-41,46-47,49,53,58-59,79,83,85,87,92H,6,8,14-39H2,1-4H3,(H,71,81)(H,74,88)(H,75,89)(H,76,91)(H,77,82)(H3,69,72,90)/t41-,46-,47-,49-,53-,58-,59+,68-/m0/s1. The van der Waals surface area contributed by atoms with Crippen molar-refractivity contribution in [3.05, 3.63) is 91.9 Å². The van der Waals surface area contributed by atoms with Gasteiger partial charge in [-0.1, -0.05) is 43.2 Å². The average molecular weight is 1490 g/mol. The van der Waals surface area contributed by atoms with Crippen LogP contribution in [0.1, 0.15) is 101 Å². The van der Waals surface area contributed by atoms with Crippen molar-refractivity contribution in [3.63, 3.8) is 0 Å². The minimum absolute atomic E-state index is 0.00576. The highest BCUT2D eigenvalue weighted by Crippen LogP contribution is 2.52. The van der Waals surface area contributed by atoms with Gasteiger partial charge in [0.1, 0.15) is 67.5 Å². The molecule has 0 bridgehead atoms. The number of Topliss-reactive ketones (excluding diaryl/α,β-unsaturated/α-hetero) is 1. The fourth-order valence-electron chi connectivity index (χ4n) is 11.3. The molecule has 105 heavy (non-hydrogen) atoms. The highest BCUT2D eigenvalue weighted by molar-refractivity contribution is 6.31. The molecule has 0 radical (unpaired) electrons. The lowest BCUT2D eigenvalue weighted by atomic mass is 9.72. The number of nitrogens with two attached hydrogens (primary N) is 1. The van der Waals surface area contributed by atoms with Crippen LogP contribution in [0.4, 0.5) is 15.3 Å². The van der Waals surface area contributed by atoms with Crippen molar-refractivity contribution in [2.24, 2.45) is 16.8 Å². The van der Waals surface area contributed by atoms with Gasteiger partial charge < -0.3 is 125 Å². The number of azide groups is 1. The molecule has 3 aromatic rings. The first-order valence-corrected chi connectivity index (χ1v) is 34.2. The van der Waals surface area contributed by atoms with E-state index in [-0.39, 0.29) is 92.4 Å². The van der Waals surface area contributed by atoms with Crippen LogP contribution >= 0.6 is 0 Å². The number of urea groups is 1. The molecule has 6 rings (SSSR count). The van der Waals surface area contributed by atoms with Crippen LogP contribution in [0.5, 0.6) is 17.2 Å². The number of phenols is 2. The van der Waals surface area contributed by atoms with E-state index < -0.39 is 163 Å². The van der Waals surface area contributed by atoms with E-state index in [2.05, 4.69) is 41.9 Å². The van der Waals surface area contributed by atoms with Gasteiger partial charge in [0, 0.05) is 66.2 Å². The van der Waals surface area contributed by atoms with Gasteiger partial charge in [0.2, 0.25) is 29.4 Å². The summed E-state index contributed by atoms with van der Waals surface area (Å²) < 4.78 is 71.8. The number of rotatable bonds is 49. The van der Waals surface area contributed by atoms with Gasteiger partial charge in [-0.3, -0.25) is 33.6 Å². The number of nitrogens with one attached hydrogen (secondary N) is 6. The maximum atomic E-state index is 14.1. The van der Waals surface area contributed by atoms with Gasteiger partial charge in [-0.2, -0.15) is 0 Å². The largest absolute Gasteiger partial charge is 0.507 e. The number of carbonyl (C=O) groups is 9. The topological polar surface area (TPSA) is 522 Å². The Morgan fingerprint density at radius 1 is 0.724 bits per heavy atom. The molecule has 3 aromatic carbocycles. The van der Waals surface area contributed by atoms with Gasteiger partial charge in [0.25, 0.3) is 0 Å². The predicted octanol–water partition coefficient (Wildman–Crippen LogP) is 0.557. The van der Waals surface area contributed by atoms with Crippen LogP contribution in [-0.2, 0) is 93.8 Å². The van der Waals surface area contributed by atoms with Crippen molar-refractivity contribution in [3.8, 4) is 17.2 Å². The lowest BCUT2D eigenvalue weighted by molar-refractivity contribution is -0.249. The predicted molar refractivity (Wildman–Crippen MR) is 366 cm³/mol. The Kier molecular flexibility index (Phi) is 36.4. The number of primary amides is 1. The summed E-state index contributed by atoms with van der Waals surface area (Å²) in [7, 11) is 1.28. The minimum Gasteiger partial charge on any atom is -0.507 e. The summed E-state index contributed by atoms with van der Waals surface area (Å²) in [6.07, 6.45) is -7.87. The van der Waals surface area contributed by atoms with Crippen LogP contribution in [0.3, 0.4) is 0 Å². The first kappa shape index (κ1) is 85.2. The molecule has 3 aliphatic rings. The van der Waals surface area contributed by atoms with Gasteiger partial charge in [0.05, 0.1) is 148 Å². The van der Waals surface area contributed by atoms with E-state index in [4.69, 9.17) is 72.8 Å². The summed E-state index contributed by atoms with van der Waals surface area (Å²) in [6.45, 7) is 8.66. The number of aromatic hydroxyl groups is 2. The number of aliphatic hydroxyl groups excluding tert-OH is 2. The quantitative estimate of drug-likeness (QED) is 0.00945. The molecule has 37 heteroatoms. The number of ether oxygens (including phenoxy) is 13. The second kappa shape index (κ2) is 44.9. The second-order valence-electron chi connectivity index (χ2n) is 24.5. The molecular formula is C68H96N10O27. The molecule has 8 atom stereocenters. The molecule has 1 heterocycles. The number of hydrogen-bond acceptors (Lipinski definition) is 28. The lowest BCUT2D eigenvalue weighted by Gasteiger charge is -2.42. The van der Waals surface area contributed by atoms with Gasteiger partial charge in [-0.25, -0.2) is 9.59 Å². The van der Waals surface area contributed by atoms with Gasteiger partial charge in [-0.15, -0.1) is 0 Å². The maximum absolute atomic E-state index is 14.1. The Hall–Kier alpha value is -8.76. The lowest BCUT2D eigenvalue weighted by Crippen LogP contribution is -2.56. The van der Waals surface area contributed by atoms with E-state index in [1.165, 1.54) is 56.5 Å². The zero-order chi connectivity index (χ0) is 76.3. The zero-order valence-electron chi connectivity index (χ0n) is 59.1. The molecule has 13 N–H and O–H groups in total. The van der Waals surface area contributed by atoms with Crippen molar-refractivity contribution >= 4 is 58.8 Å². The first-order chi connectivity index (χ1) is 50.5. The Morgan fingerprint density at radius 2 is 1.30 bits per heavy atom. The molecule has 0 aromatic heterocycles. The molecule has 1 saturated heterocycles. The SMILES string of the molecule is COc1cccc2c1C(=O)c1c(O)c3c(c(O)c1C2=O)C[C@@](O)(C(=O)CO)C[C@@H]3O[C@H]1C[C@H](NC(=O)OCc2ccc(NC(=O)[C@H](CCCNC(N)=O)NC(=O)[C@@H](NC(=O)COCC(=O)NCCOCCOCCOCCOCCOCCOCCOCCOCCN=[N+]=[N-])C(C)C)cc2)[C@H](O)[C@H](C)O1. The van der Waals surface area contributed by atoms with Crippen LogP contribution in [0.25, 0.3) is 10.4 Å². The monoisotopic (exact) mass is 1480 g/mol. The number of nitrogens with zero attached hydrogens (tertiary/aromatic N) is 3. The number of carbonyl (C=O) groups excluding carboxylic acids is 9. The summed E-state index contributed by atoms with van der Waals surface area (Å²) >= 11 is 0.